The van der Waals surface area contributed by atoms with Gasteiger partial charge in [-0.1, -0.05) is 6.07 Å². The van der Waals surface area contributed by atoms with Gasteiger partial charge in [-0.15, -0.1) is 0 Å². The van der Waals surface area contributed by atoms with E-state index in [0.29, 0.717) is 11.3 Å². The maximum atomic E-state index is 13.2. The molecule has 18 heavy (non-hydrogen) atoms. The standard InChI is InChI=1S/C13H13F2N3/c1-7-5-10(8(2)18-17-7)13(16)9-3-4-11(14)12(15)6-9/h3-6,13H,16H2,1-2H3. The van der Waals surface area contributed by atoms with E-state index in [-0.39, 0.29) is 0 Å². The van der Waals surface area contributed by atoms with Gasteiger partial charge in [-0.05, 0) is 43.2 Å². The molecule has 1 unspecified atom stereocenters. The molecule has 94 valence electrons. The fourth-order valence-electron chi connectivity index (χ4n) is 1.77. The third kappa shape index (κ3) is 2.36. The van der Waals surface area contributed by atoms with Gasteiger partial charge in [0, 0.05) is 0 Å². The van der Waals surface area contributed by atoms with Gasteiger partial charge in [0.1, 0.15) is 0 Å². The van der Waals surface area contributed by atoms with E-state index in [1.807, 2.05) is 0 Å². The molecule has 0 aliphatic rings. The lowest BCUT2D eigenvalue weighted by Crippen LogP contribution is -2.15. The molecule has 0 amide bonds. The minimum absolute atomic E-state index is 0.504. The summed E-state index contributed by atoms with van der Waals surface area (Å²) >= 11 is 0. The van der Waals surface area contributed by atoms with Crippen LogP contribution in [-0.4, -0.2) is 10.2 Å². The Kier molecular flexibility index (Phi) is 3.34. The first-order valence-corrected chi connectivity index (χ1v) is 5.50. The van der Waals surface area contributed by atoms with Gasteiger partial charge < -0.3 is 5.73 Å². The lowest BCUT2D eigenvalue weighted by atomic mass is 9.98. The molecule has 0 aliphatic carbocycles. The molecule has 1 aromatic heterocycles. The largest absolute Gasteiger partial charge is 0.320 e. The Morgan fingerprint density at radius 1 is 1.06 bits per heavy atom. The highest BCUT2D eigenvalue weighted by Crippen LogP contribution is 2.23. The molecule has 1 atom stereocenters. The summed E-state index contributed by atoms with van der Waals surface area (Å²) in [5.41, 5.74) is 8.72. The second-order valence-corrected chi connectivity index (χ2v) is 4.18. The normalized spacial score (nSPS) is 12.5. The van der Waals surface area contributed by atoms with Crippen molar-refractivity contribution in [3.8, 4) is 0 Å². The summed E-state index contributed by atoms with van der Waals surface area (Å²) in [6, 6.07) is 4.90. The van der Waals surface area contributed by atoms with Crippen LogP contribution in [-0.2, 0) is 0 Å². The van der Waals surface area contributed by atoms with Crippen molar-refractivity contribution >= 4 is 0 Å². The van der Waals surface area contributed by atoms with Crippen LogP contribution in [0.2, 0.25) is 0 Å². The van der Waals surface area contributed by atoms with Crippen molar-refractivity contribution in [1.82, 2.24) is 10.2 Å². The van der Waals surface area contributed by atoms with Crippen LogP contribution in [0.1, 0.15) is 28.6 Å². The number of hydrogen-bond acceptors (Lipinski definition) is 3. The van der Waals surface area contributed by atoms with E-state index in [2.05, 4.69) is 10.2 Å². The van der Waals surface area contributed by atoms with Crippen LogP contribution in [0.5, 0.6) is 0 Å². The molecule has 1 aromatic carbocycles. The van der Waals surface area contributed by atoms with Crippen LogP contribution >= 0.6 is 0 Å². The Morgan fingerprint density at radius 3 is 2.44 bits per heavy atom. The monoisotopic (exact) mass is 249 g/mol. The average Bonchev–Trinajstić information content (AvgIpc) is 2.35. The molecule has 0 spiro atoms. The summed E-state index contributed by atoms with van der Waals surface area (Å²) in [5, 5.41) is 7.87. The molecule has 0 bridgehead atoms. The van der Waals surface area contributed by atoms with E-state index in [0.717, 1.165) is 23.4 Å². The van der Waals surface area contributed by atoms with E-state index in [1.54, 1.807) is 19.9 Å². The fraction of sp³-hybridized carbons (Fsp3) is 0.231. The number of hydrogen-bond donors (Lipinski definition) is 1. The third-order valence-electron chi connectivity index (χ3n) is 2.78. The zero-order chi connectivity index (χ0) is 13.3. The van der Waals surface area contributed by atoms with Crippen LogP contribution < -0.4 is 5.73 Å². The Morgan fingerprint density at radius 2 is 1.78 bits per heavy atom. The number of halogens is 2. The summed E-state index contributed by atoms with van der Waals surface area (Å²) in [7, 11) is 0. The topological polar surface area (TPSA) is 51.8 Å². The van der Waals surface area contributed by atoms with Crippen molar-refractivity contribution < 1.29 is 8.78 Å². The highest BCUT2D eigenvalue weighted by atomic mass is 19.2. The van der Waals surface area contributed by atoms with Crippen molar-refractivity contribution in [2.45, 2.75) is 19.9 Å². The van der Waals surface area contributed by atoms with Crippen LogP contribution in [0, 0.1) is 25.5 Å². The number of aromatic nitrogens is 2. The highest BCUT2D eigenvalue weighted by Gasteiger charge is 2.15. The summed E-state index contributed by atoms with van der Waals surface area (Å²) in [6.07, 6.45) is 0. The van der Waals surface area contributed by atoms with E-state index in [9.17, 15) is 8.78 Å². The average molecular weight is 249 g/mol. The molecular weight excluding hydrogens is 236 g/mol. The summed E-state index contributed by atoms with van der Waals surface area (Å²) in [4.78, 5) is 0. The minimum atomic E-state index is -0.903. The number of nitrogens with two attached hydrogens (primary N) is 1. The van der Waals surface area contributed by atoms with E-state index in [1.165, 1.54) is 6.07 Å². The third-order valence-corrected chi connectivity index (χ3v) is 2.78. The summed E-state index contributed by atoms with van der Waals surface area (Å²) in [6.45, 7) is 3.58. The number of rotatable bonds is 2. The van der Waals surface area contributed by atoms with Crippen molar-refractivity contribution in [2.24, 2.45) is 5.73 Å². The van der Waals surface area contributed by atoms with E-state index >= 15 is 0 Å². The zero-order valence-corrected chi connectivity index (χ0v) is 10.1. The van der Waals surface area contributed by atoms with E-state index in [4.69, 9.17) is 5.73 Å². The lowest BCUT2D eigenvalue weighted by Gasteiger charge is -2.14. The SMILES string of the molecule is Cc1cc(C(N)c2ccc(F)c(F)c2)c(C)nn1. The molecule has 5 heteroatoms. The van der Waals surface area contributed by atoms with Crippen LogP contribution in [0.15, 0.2) is 24.3 Å². The predicted molar refractivity (Wildman–Crippen MR) is 63.9 cm³/mol. The van der Waals surface area contributed by atoms with Gasteiger partial charge in [0.15, 0.2) is 11.6 Å². The zero-order valence-electron chi connectivity index (χ0n) is 10.1. The maximum absolute atomic E-state index is 13.2. The van der Waals surface area contributed by atoms with Crippen molar-refractivity contribution in [1.29, 1.82) is 0 Å². The van der Waals surface area contributed by atoms with Crippen molar-refractivity contribution in [3.05, 3.63) is 58.4 Å². The molecule has 2 rings (SSSR count). The van der Waals surface area contributed by atoms with Gasteiger partial charge in [0.05, 0.1) is 17.4 Å². The quantitative estimate of drug-likeness (QED) is 0.889. The predicted octanol–water partition coefficient (Wildman–Crippen LogP) is 2.42. The Bertz CT molecular complexity index is 584. The molecule has 3 nitrogen and oxygen atoms in total. The maximum Gasteiger partial charge on any atom is 0.159 e. The van der Waals surface area contributed by atoms with Crippen molar-refractivity contribution in [2.75, 3.05) is 0 Å². The number of nitrogens with zero attached hydrogens (tertiary/aromatic N) is 2. The molecule has 2 N–H and O–H groups in total. The Balaban J connectivity index is 2.44. The number of aryl methyl sites for hydroxylation is 2. The van der Waals surface area contributed by atoms with Crippen LogP contribution in [0.3, 0.4) is 0 Å². The first-order valence-electron chi connectivity index (χ1n) is 5.50. The summed E-state index contributed by atoms with van der Waals surface area (Å²) < 4.78 is 26.0. The molecule has 0 saturated heterocycles. The molecule has 2 aromatic rings. The first kappa shape index (κ1) is 12.6. The second kappa shape index (κ2) is 4.78. The van der Waals surface area contributed by atoms with Gasteiger partial charge in [0.2, 0.25) is 0 Å². The molecule has 0 saturated carbocycles. The molecule has 0 fully saturated rings. The first-order chi connectivity index (χ1) is 8.49. The van der Waals surface area contributed by atoms with Crippen molar-refractivity contribution in [3.63, 3.8) is 0 Å². The second-order valence-electron chi connectivity index (χ2n) is 4.18. The smallest absolute Gasteiger partial charge is 0.159 e. The van der Waals surface area contributed by atoms with Gasteiger partial charge in [-0.3, -0.25) is 0 Å². The Labute approximate surface area is 104 Å². The molecule has 1 heterocycles. The minimum Gasteiger partial charge on any atom is -0.320 e. The van der Waals surface area contributed by atoms with Crippen LogP contribution in [0.4, 0.5) is 8.78 Å². The molecule has 0 radical (unpaired) electrons. The molecule has 0 aliphatic heterocycles. The van der Waals surface area contributed by atoms with Gasteiger partial charge in [-0.25, -0.2) is 8.78 Å². The number of benzene rings is 1. The van der Waals surface area contributed by atoms with Gasteiger partial charge in [0.25, 0.3) is 0 Å². The van der Waals surface area contributed by atoms with E-state index < -0.39 is 17.7 Å². The summed E-state index contributed by atoms with van der Waals surface area (Å²) in [5.74, 6) is -1.79. The highest BCUT2D eigenvalue weighted by molar-refractivity contribution is 5.34. The van der Waals surface area contributed by atoms with Gasteiger partial charge in [-0.2, -0.15) is 10.2 Å². The lowest BCUT2D eigenvalue weighted by molar-refractivity contribution is 0.506. The Hall–Kier alpha value is -1.88. The molecular formula is C13H13F2N3. The van der Waals surface area contributed by atoms with Gasteiger partial charge >= 0.3 is 0 Å². The van der Waals surface area contributed by atoms with Crippen LogP contribution in [0.25, 0.3) is 0 Å². The fourth-order valence-corrected chi connectivity index (χ4v) is 1.77.